The number of oxime groups is 1. The molecule has 0 radical (unpaired) electrons. The Hall–Kier alpha value is -3.88. The van der Waals surface area contributed by atoms with E-state index in [1.165, 1.54) is 37.4 Å². The van der Waals surface area contributed by atoms with Crippen molar-refractivity contribution in [2.75, 3.05) is 20.3 Å². The molecule has 0 spiro atoms. The van der Waals surface area contributed by atoms with E-state index in [1.54, 1.807) is 18.2 Å². The first-order valence-electron chi connectivity index (χ1n) is 9.47. The number of phenolic OH excluding ortho intramolecular Hbond substituents is 1. The average Bonchev–Trinajstić information content (AvgIpc) is 3.27. The summed E-state index contributed by atoms with van der Waals surface area (Å²) in [5.74, 6) is -0.654. The van der Waals surface area contributed by atoms with Crippen molar-refractivity contribution in [2.45, 2.75) is 13.3 Å². The van der Waals surface area contributed by atoms with Gasteiger partial charge in [-0.3, -0.25) is 0 Å². The molecule has 0 aliphatic rings. The van der Waals surface area contributed by atoms with Crippen molar-refractivity contribution in [3.63, 3.8) is 0 Å². The fourth-order valence-electron chi connectivity index (χ4n) is 2.56. The molecular formula is C22H21FN2O6. The van der Waals surface area contributed by atoms with Crippen molar-refractivity contribution < 1.29 is 33.1 Å². The predicted molar refractivity (Wildman–Crippen MR) is 110 cm³/mol. The smallest absolute Gasteiger partial charge is 0.341 e. The van der Waals surface area contributed by atoms with Gasteiger partial charge < -0.3 is 23.9 Å². The number of aromatic hydroxyl groups is 1. The summed E-state index contributed by atoms with van der Waals surface area (Å²) >= 11 is 0. The van der Waals surface area contributed by atoms with E-state index in [9.17, 15) is 14.3 Å². The second-order valence-electron chi connectivity index (χ2n) is 6.41. The monoisotopic (exact) mass is 428 g/mol. The zero-order chi connectivity index (χ0) is 22.2. The molecular weight excluding hydrogens is 407 g/mol. The van der Waals surface area contributed by atoms with Crippen LogP contribution in [0.15, 0.2) is 58.2 Å². The lowest BCUT2D eigenvalue weighted by Gasteiger charge is -2.09. The van der Waals surface area contributed by atoms with Gasteiger partial charge in [0.25, 0.3) is 0 Å². The number of ether oxygens (including phenoxy) is 2. The van der Waals surface area contributed by atoms with Gasteiger partial charge in [0.05, 0.1) is 7.11 Å². The number of phenols is 1. The fourth-order valence-corrected chi connectivity index (χ4v) is 2.56. The minimum atomic E-state index is -0.692. The molecule has 1 aromatic heterocycles. The minimum Gasteiger partial charge on any atom is -0.507 e. The highest BCUT2D eigenvalue weighted by atomic mass is 19.1. The van der Waals surface area contributed by atoms with E-state index in [0.717, 1.165) is 6.42 Å². The van der Waals surface area contributed by atoms with Gasteiger partial charge in [-0.15, -0.1) is 0 Å². The minimum absolute atomic E-state index is 0.0287. The van der Waals surface area contributed by atoms with E-state index in [0.29, 0.717) is 35.1 Å². The summed E-state index contributed by atoms with van der Waals surface area (Å²) in [4.78, 5) is 17.0. The number of hydrogen-bond donors (Lipinski definition) is 1. The van der Waals surface area contributed by atoms with Crippen LogP contribution in [0.4, 0.5) is 4.39 Å². The van der Waals surface area contributed by atoms with Crippen molar-refractivity contribution in [1.82, 2.24) is 5.16 Å². The molecule has 0 saturated carbocycles. The molecule has 2 aromatic carbocycles. The zero-order valence-electron chi connectivity index (χ0n) is 17.0. The van der Waals surface area contributed by atoms with Crippen LogP contribution >= 0.6 is 0 Å². The molecule has 0 aliphatic carbocycles. The maximum absolute atomic E-state index is 13.2. The van der Waals surface area contributed by atoms with Gasteiger partial charge in [0, 0.05) is 11.6 Å². The topological polar surface area (TPSA) is 103 Å². The molecule has 0 saturated heterocycles. The van der Waals surface area contributed by atoms with E-state index in [-0.39, 0.29) is 23.7 Å². The molecule has 0 aliphatic heterocycles. The van der Waals surface area contributed by atoms with Crippen molar-refractivity contribution in [3.8, 4) is 22.8 Å². The quantitative estimate of drug-likeness (QED) is 0.236. The van der Waals surface area contributed by atoms with Crippen LogP contribution in [0.3, 0.4) is 0 Å². The number of esters is 1. The number of halogens is 1. The van der Waals surface area contributed by atoms with Crippen LogP contribution in [-0.2, 0) is 9.57 Å². The van der Waals surface area contributed by atoms with Crippen molar-refractivity contribution >= 4 is 11.7 Å². The molecule has 31 heavy (non-hydrogen) atoms. The van der Waals surface area contributed by atoms with Crippen LogP contribution in [0.25, 0.3) is 11.3 Å². The first-order valence-corrected chi connectivity index (χ1v) is 9.47. The molecule has 8 nitrogen and oxygen atoms in total. The molecule has 3 rings (SSSR count). The Bertz CT molecular complexity index is 1060. The van der Waals surface area contributed by atoms with E-state index < -0.39 is 5.97 Å². The van der Waals surface area contributed by atoms with Gasteiger partial charge in [0.2, 0.25) is 0 Å². The largest absolute Gasteiger partial charge is 0.507 e. The summed E-state index contributed by atoms with van der Waals surface area (Å²) in [6, 6.07) is 11.7. The van der Waals surface area contributed by atoms with Gasteiger partial charge >= 0.3 is 5.97 Å². The maximum Gasteiger partial charge on any atom is 0.341 e. The lowest BCUT2D eigenvalue weighted by atomic mass is 10.1. The standard InChI is InChI=1S/C22H21FN2O6/c1-3-10-30-24-19(13-29-16-8-9-20(26)17(11-16)22(27)28-2)21-12-18(25-31-21)14-4-6-15(23)7-5-14/h4-9,11-12,26H,3,10,13H2,1-2H3. The third-order valence-electron chi connectivity index (χ3n) is 4.15. The Balaban J connectivity index is 1.80. The summed E-state index contributed by atoms with van der Waals surface area (Å²) in [5, 5.41) is 17.9. The van der Waals surface area contributed by atoms with E-state index in [1.807, 2.05) is 6.92 Å². The Morgan fingerprint density at radius 1 is 1.19 bits per heavy atom. The number of hydrogen-bond acceptors (Lipinski definition) is 8. The van der Waals surface area contributed by atoms with Crippen LogP contribution in [0.2, 0.25) is 0 Å². The number of aromatic nitrogens is 1. The van der Waals surface area contributed by atoms with Gasteiger partial charge in [-0.25, -0.2) is 9.18 Å². The molecule has 0 fully saturated rings. The molecule has 9 heteroatoms. The van der Waals surface area contributed by atoms with Gasteiger partial charge in [-0.05, 0) is 48.9 Å². The zero-order valence-corrected chi connectivity index (χ0v) is 17.0. The third kappa shape index (κ3) is 5.59. The molecule has 162 valence electrons. The van der Waals surface area contributed by atoms with Crippen molar-refractivity contribution in [2.24, 2.45) is 5.16 Å². The van der Waals surface area contributed by atoms with E-state index >= 15 is 0 Å². The number of carbonyl (C=O) groups is 1. The predicted octanol–water partition coefficient (Wildman–Crippen LogP) is 4.18. The normalized spacial score (nSPS) is 11.3. The van der Waals surface area contributed by atoms with Crippen LogP contribution in [-0.4, -0.2) is 42.3 Å². The Morgan fingerprint density at radius 3 is 2.68 bits per heavy atom. The summed E-state index contributed by atoms with van der Waals surface area (Å²) < 4.78 is 28.9. The van der Waals surface area contributed by atoms with Gasteiger partial charge in [-0.1, -0.05) is 17.2 Å². The summed E-state index contributed by atoms with van der Waals surface area (Å²) in [6.07, 6.45) is 0.759. The number of methoxy groups -OCH3 is 1. The Labute approximate surface area is 177 Å². The Kier molecular flexibility index (Phi) is 7.21. The highest BCUT2D eigenvalue weighted by Gasteiger charge is 2.17. The van der Waals surface area contributed by atoms with Crippen LogP contribution in [0.1, 0.15) is 29.5 Å². The van der Waals surface area contributed by atoms with Gasteiger partial charge in [-0.2, -0.15) is 0 Å². The number of nitrogens with zero attached hydrogens (tertiary/aromatic N) is 2. The molecule has 3 aromatic rings. The second kappa shape index (κ2) is 10.2. The van der Waals surface area contributed by atoms with Gasteiger partial charge in [0.1, 0.15) is 41.8 Å². The molecule has 0 amide bonds. The van der Waals surface area contributed by atoms with Crippen LogP contribution in [0.5, 0.6) is 11.5 Å². The third-order valence-corrected chi connectivity index (χ3v) is 4.15. The fraction of sp³-hybridized carbons (Fsp3) is 0.227. The lowest BCUT2D eigenvalue weighted by Crippen LogP contribution is -2.14. The van der Waals surface area contributed by atoms with E-state index in [4.69, 9.17) is 14.1 Å². The molecule has 1 heterocycles. The highest BCUT2D eigenvalue weighted by molar-refractivity contribution is 5.99. The molecule has 0 bridgehead atoms. The first-order chi connectivity index (χ1) is 15.0. The van der Waals surface area contributed by atoms with Crippen LogP contribution in [0, 0.1) is 5.82 Å². The lowest BCUT2D eigenvalue weighted by molar-refractivity contribution is 0.0597. The van der Waals surface area contributed by atoms with Crippen molar-refractivity contribution in [1.29, 1.82) is 0 Å². The number of rotatable bonds is 9. The summed E-state index contributed by atoms with van der Waals surface area (Å²) in [5.41, 5.74) is 1.46. The van der Waals surface area contributed by atoms with Crippen molar-refractivity contribution in [3.05, 3.63) is 65.7 Å². The SMILES string of the molecule is CCCON=C(COc1ccc(O)c(C(=O)OC)c1)c1cc(-c2ccc(F)cc2)no1. The average molecular weight is 428 g/mol. The summed E-state index contributed by atoms with van der Waals surface area (Å²) in [6.45, 7) is 2.28. The van der Waals surface area contributed by atoms with E-state index in [2.05, 4.69) is 15.0 Å². The molecule has 0 unspecified atom stereocenters. The molecule has 1 N–H and O–H groups in total. The molecule has 0 atom stereocenters. The highest BCUT2D eigenvalue weighted by Crippen LogP contribution is 2.24. The Morgan fingerprint density at radius 2 is 1.97 bits per heavy atom. The number of benzene rings is 2. The summed E-state index contributed by atoms with van der Waals surface area (Å²) in [7, 11) is 1.22. The first kappa shape index (κ1) is 21.8. The van der Waals surface area contributed by atoms with Gasteiger partial charge in [0.15, 0.2) is 11.5 Å². The maximum atomic E-state index is 13.2. The number of carbonyl (C=O) groups excluding carboxylic acids is 1. The van der Waals surface area contributed by atoms with Crippen LogP contribution < -0.4 is 4.74 Å². The second-order valence-corrected chi connectivity index (χ2v) is 6.41.